The summed E-state index contributed by atoms with van der Waals surface area (Å²) >= 11 is 0. The van der Waals surface area contributed by atoms with Crippen molar-refractivity contribution in [1.82, 2.24) is 4.31 Å². The lowest BCUT2D eigenvalue weighted by Gasteiger charge is -2.37. The quantitative estimate of drug-likeness (QED) is 0.807. The van der Waals surface area contributed by atoms with Gasteiger partial charge in [0.2, 0.25) is 10.0 Å². The highest BCUT2D eigenvalue weighted by Gasteiger charge is 2.35. The van der Waals surface area contributed by atoms with Gasteiger partial charge in [-0.05, 0) is 25.7 Å². The van der Waals surface area contributed by atoms with Crippen molar-refractivity contribution in [2.75, 3.05) is 12.3 Å². The van der Waals surface area contributed by atoms with Crippen LogP contribution in [-0.2, 0) is 10.0 Å². The Kier molecular flexibility index (Phi) is 6.08. The molecule has 0 aromatic carbocycles. The van der Waals surface area contributed by atoms with Crippen LogP contribution in [0, 0.1) is 5.92 Å². The summed E-state index contributed by atoms with van der Waals surface area (Å²) in [5.41, 5.74) is 0. The largest absolute Gasteiger partial charge is 0.392 e. The van der Waals surface area contributed by atoms with E-state index in [1.807, 2.05) is 13.8 Å². The molecule has 1 saturated heterocycles. The number of rotatable bonds is 6. The lowest BCUT2D eigenvalue weighted by molar-refractivity contribution is 0.0828. The van der Waals surface area contributed by atoms with Gasteiger partial charge in [0.05, 0.1) is 17.9 Å². The van der Waals surface area contributed by atoms with Crippen LogP contribution in [0.4, 0.5) is 0 Å². The molecule has 0 aliphatic carbocycles. The summed E-state index contributed by atoms with van der Waals surface area (Å²) in [6.45, 7) is 6.33. The summed E-state index contributed by atoms with van der Waals surface area (Å²) in [6.07, 6.45) is 3.89. The van der Waals surface area contributed by atoms with Crippen LogP contribution in [0.1, 0.15) is 52.9 Å². The SMILES string of the molecule is CCC(CC)CS(=O)(=O)N1CCCCC1C(C)O. The maximum Gasteiger partial charge on any atom is 0.214 e. The zero-order valence-electron chi connectivity index (χ0n) is 11.8. The van der Waals surface area contributed by atoms with Gasteiger partial charge in [0, 0.05) is 6.54 Å². The lowest BCUT2D eigenvalue weighted by Crippen LogP contribution is -2.50. The van der Waals surface area contributed by atoms with E-state index in [1.165, 1.54) is 0 Å². The molecule has 0 saturated carbocycles. The number of nitrogens with zero attached hydrogens (tertiary/aromatic N) is 1. The molecule has 2 atom stereocenters. The van der Waals surface area contributed by atoms with Crippen molar-refractivity contribution in [3.05, 3.63) is 0 Å². The van der Waals surface area contributed by atoms with Crippen LogP contribution in [-0.4, -0.2) is 42.3 Å². The molecule has 0 aromatic rings. The van der Waals surface area contributed by atoms with Crippen LogP contribution in [0.25, 0.3) is 0 Å². The van der Waals surface area contributed by atoms with Gasteiger partial charge in [0.25, 0.3) is 0 Å². The molecule has 1 heterocycles. The highest BCUT2D eigenvalue weighted by atomic mass is 32.2. The predicted molar refractivity (Wildman–Crippen MR) is 73.9 cm³/mol. The Balaban J connectivity index is 2.81. The van der Waals surface area contributed by atoms with E-state index in [2.05, 4.69) is 0 Å². The predicted octanol–water partition coefficient (Wildman–Crippen LogP) is 1.99. The molecule has 0 spiro atoms. The van der Waals surface area contributed by atoms with Crippen LogP contribution >= 0.6 is 0 Å². The lowest BCUT2D eigenvalue weighted by atomic mass is 10.0. The van der Waals surface area contributed by atoms with Gasteiger partial charge in [-0.3, -0.25) is 0 Å². The molecule has 2 unspecified atom stereocenters. The molecule has 1 N–H and O–H groups in total. The van der Waals surface area contributed by atoms with Crippen molar-refractivity contribution in [2.24, 2.45) is 5.92 Å². The third-order valence-electron chi connectivity index (χ3n) is 4.01. The summed E-state index contributed by atoms with van der Waals surface area (Å²) in [7, 11) is -3.23. The molecule has 108 valence electrons. The van der Waals surface area contributed by atoms with Crippen molar-refractivity contribution in [1.29, 1.82) is 0 Å². The molecule has 4 nitrogen and oxygen atoms in total. The number of sulfonamides is 1. The summed E-state index contributed by atoms with van der Waals surface area (Å²) in [6, 6.07) is -0.224. The number of aliphatic hydroxyl groups excluding tert-OH is 1. The van der Waals surface area contributed by atoms with Crippen molar-refractivity contribution in [3.8, 4) is 0 Å². The first kappa shape index (κ1) is 15.9. The zero-order chi connectivity index (χ0) is 13.8. The Morgan fingerprint density at radius 1 is 1.28 bits per heavy atom. The van der Waals surface area contributed by atoms with Gasteiger partial charge in [0.1, 0.15) is 0 Å². The summed E-state index contributed by atoms with van der Waals surface area (Å²) < 4.78 is 26.4. The second-order valence-electron chi connectivity index (χ2n) is 5.38. The molecule has 1 rings (SSSR count). The highest BCUT2D eigenvalue weighted by Crippen LogP contribution is 2.25. The molecule has 0 aromatic heterocycles. The first-order valence-corrected chi connectivity index (χ1v) is 8.70. The molecule has 5 heteroatoms. The van der Waals surface area contributed by atoms with Crippen LogP contribution in [0.5, 0.6) is 0 Å². The second kappa shape index (κ2) is 6.87. The van der Waals surface area contributed by atoms with E-state index < -0.39 is 16.1 Å². The monoisotopic (exact) mass is 277 g/mol. The Labute approximate surface area is 111 Å². The minimum absolute atomic E-state index is 0.224. The van der Waals surface area contributed by atoms with Crippen LogP contribution in [0.15, 0.2) is 0 Å². The van der Waals surface area contributed by atoms with Gasteiger partial charge in [-0.15, -0.1) is 0 Å². The molecule has 1 aliphatic rings. The molecule has 1 aliphatic heterocycles. The molecule has 0 amide bonds. The van der Waals surface area contributed by atoms with E-state index >= 15 is 0 Å². The summed E-state index contributed by atoms with van der Waals surface area (Å²) in [4.78, 5) is 0. The summed E-state index contributed by atoms with van der Waals surface area (Å²) in [5.74, 6) is 0.454. The fourth-order valence-electron chi connectivity index (χ4n) is 2.68. The smallest absolute Gasteiger partial charge is 0.214 e. The summed E-state index contributed by atoms with van der Waals surface area (Å²) in [5, 5.41) is 9.75. The third-order valence-corrected chi connectivity index (χ3v) is 6.07. The van der Waals surface area contributed by atoms with Gasteiger partial charge >= 0.3 is 0 Å². The van der Waals surface area contributed by atoms with E-state index in [0.717, 1.165) is 32.1 Å². The molecule has 18 heavy (non-hydrogen) atoms. The second-order valence-corrected chi connectivity index (χ2v) is 7.34. The number of hydrogen-bond acceptors (Lipinski definition) is 3. The van der Waals surface area contributed by atoms with Gasteiger partial charge < -0.3 is 5.11 Å². The van der Waals surface area contributed by atoms with Crippen molar-refractivity contribution >= 4 is 10.0 Å². The minimum Gasteiger partial charge on any atom is -0.392 e. The maximum atomic E-state index is 12.4. The van der Waals surface area contributed by atoms with E-state index in [1.54, 1.807) is 11.2 Å². The first-order chi connectivity index (χ1) is 8.42. The number of piperidine rings is 1. The normalized spacial score (nSPS) is 24.4. The van der Waals surface area contributed by atoms with Gasteiger partial charge in [-0.1, -0.05) is 33.1 Å². The van der Waals surface area contributed by atoms with Gasteiger partial charge in [-0.25, -0.2) is 8.42 Å². The van der Waals surface area contributed by atoms with Gasteiger partial charge in [0.15, 0.2) is 0 Å². The van der Waals surface area contributed by atoms with E-state index in [0.29, 0.717) is 6.54 Å². The first-order valence-electron chi connectivity index (χ1n) is 7.10. The van der Waals surface area contributed by atoms with Crippen LogP contribution in [0.2, 0.25) is 0 Å². The molecule has 0 bridgehead atoms. The number of hydrogen-bond donors (Lipinski definition) is 1. The van der Waals surface area contributed by atoms with E-state index in [4.69, 9.17) is 0 Å². The van der Waals surface area contributed by atoms with Crippen molar-refractivity contribution in [3.63, 3.8) is 0 Å². The van der Waals surface area contributed by atoms with Crippen LogP contribution < -0.4 is 0 Å². The minimum atomic E-state index is -3.23. The fourth-order valence-corrected chi connectivity index (χ4v) is 5.04. The van der Waals surface area contributed by atoms with Crippen LogP contribution in [0.3, 0.4) is 0 Å². The van der Waals surface area contributed by atoms with Gasteiger partial charge in [-0.2, -0.15) is 4.31 Å². The Morgan fingerprint density at radius 3 is 2.39 bits per heavy atom. The van der Waals surface area contributed by atoms with E-state index in [-0.39, 0.29) is 17.7 Å². The average Bonchev–Trinajstić information content (AvgIpc) is 2.36. The third kappa shape index (κ3) is 3.93. The Hall–Kier alpha value is -0.130. The molecular weight excluding hydrogens is 250 g/mol. The average molecular weight is 277 g/mol. The van der Waals surface area contributed by atoms with Crippen molar-refractivity contribution in [2.45, 2.75) is 65.0 Å². The topological polar surface area (TPSA) is 57.6 Å². The zero-order valence-corrected chi connectivity index (χ0v) is 12.6. The van der Waals surface area contributed by atoms with E-state index in [9.17, 15) is 13.5 Å². The highest BCUT2D eigenvalue weighted by molar-refractivity contribution is 7.89. The maximum absolute atomic E-state index is 12.4. The Bertz CT molecular complexity index is 336. The molecule has 0 radical (unpaired) electrons. The fraction of sp³-hybridized carbons (Fsp3) is 1.00. The standard InChI is InChI=1S/C13H27NO3S/c1-4-12(5-2)10-18(16,17)14-9-7-6-8-13(14)11(3)15/h11-13,15H,4-10H2,1-3H3. The molecule has 1 fully saturated rings. The molecular formula is C13H27NO3S. The van der Waals surface area contributed by atoms with Crippen molar-refractivity contribution < 1.29 is 13.5 Å². The Morgan fingerprint density at radius 2 is 1.89 bits per heavy atom. The number of aliphatic hydroxyl groups is 1.